The van der Waals surface area contributed by atoms with Gasteiger partial charge in [-0.2, -0.15) is 39.5 Å². The minimum absolute atomic E-state index is 0. The van der Waals surface area contributed by atoms with E-state index in [1.807, 2.05) is 109 Å². The molecule has 0 aromatic heterocycles. The molecule has 9 aromatic carbocycles. The lowest BCUT2D eigenvalue weighted by atomic mass is 9.80. The quantitative estimate of drug-likeness (QED) is 0.0325. The van der Waals surface area contributed by atoms with Crippen LogP contribution >= 0.6 is 15.9 Å². The first-order valence-electron chi connectivity index (χ1n) is 34.4. The number of halogens is 10. The second-order valence-electron chi connectivity index (χ2n) is 25.5. The third-order valence-corrected chi connectivity index (χ3v) is 18.8. The van der Waals surface area contributed by atoms with Gasteiger partial charge in [-0.05, 0) is 222 Å². The van der Waals surface area contributed by atoms with Gasteiger partial charge in [0.05, 0.1) is 67.9 Å². The molecule has 0 spiro atoms. The number of benzene rings is 9. The van der Waals surface area contributed by atoms with Crippen molar-refractivity contribution in [2.75, 3.05) is 14.2 Å². The van der Waals surface area contributed by atoms with Crippen LogP contribution in [0.4, 0.5) is 39.5 Å². The summed E-state index contributed by atoms with van der Waals surface area (Å²) in [6.45, 7) is 5.19. The molecule has 0 bridgehead atoms. The first kappa shape index (κ1) is 83.9. The summed E-state index contributed by atoms with van der Waals surface area (Å²) in [5.74, 6) is 17.5. The molecule has 3 aliphatic rings. The first-order valence-corrected chi connectivity index (χ1v) is 35.2. The summed E-state index contributed by atoms with van der Waals surface area (Å²) in [7, 11) is 1.02. The van der Waals surface area contributed by atoms with E-state index in [1.165, 1.54) is 55.2 Å². The Morgan fingerprint density at radius 2 is 0.725 bits per heavy atom. The number of carboxylic acids is 1. The summed E-state index contributed by atoms with van der Waals surface area (Å²) >= 11 is 3.54. The monoisotopic (exact) mass is 1560 g/mol. The van der Waals surface area contributed by atoms with Crippen molar-refractivity contribution in [1.82, 2.24) is 0 Å². The number of rotatable bonds is 18. The zero-order valence-electron chi connectivity index (χ0n) is 59.3. The molecule has 566 valence electrons. The van der Waals surface area contributed by atoms with Crippen LogP contribution in [0.2, 0.25) is 0 Å². The molecule has 3 aliphatic carbocycles. The Morgan fingerprint density at radius 3 is 1.02 bits per heavy atom. The number of ether oxygens (including phenoxy) is 5. The number of methoxy groups -OCH3 is 2. The highest BCUT2D eigenvalue weighted by atomic mass is 79.9. The molecule has 12 rings (SSSR count). The fourth-order valence-corrected chi connectivity index (χ4v) is 13.1. The predicted octanol–water partition coefficient (Wildman–Crippen LogP) is 20.3. The number of carbonyl (C=O) groups is 3. The first-order chi connectivity index (χ1) is 51.5. The minimum Gasteiger partial charge on any atom is -0.486 e. The van der Waals surface area contributed by atoms with Crippen LogP contribution in [-0.2, 0) is 61.6 Å². The number of aryl methyl sites for hydroxylation is 3. The van der Waals surface area contributed by atoms with E-state index in [2.05, 4.69) is 69.7 Å². The Morgan fingerprint density at radius 1 is 0.431 bits per heavy atom. The van der Waals surface area contributed by atoms with Crippen LogP contribution in [0.15, 0.2) is 205 Å². The van der Waals surface area contributed by atoms with Gasteiger partial charge >= 0.3 is 43.6 Å². The third-order valence-electron chi connectivity index (χ3n) is 18.3. The van der Waals surface area contributed by atoms with Gasteiger partial charge in [-0.25, -0.2) is 0 Å². The van der Waals surface area contributed by atoms with Gasteiger partial charge in [0.2, 0.25) is 0 Å². The number of esters is 2. The molecular formula is C87H79BBrF9O11. The number of aliphatic carboxylic acids is 1. The smallest absolute Gasteiger partial charge is 0.486 e. The van der Waals surface area contributed by atoms with Crippen molar-refractivity contribution in [2.24, 2.45) is 0 Å². The van der Waals surface area contributed by atoms with Gasteiger partial charge < -0.3 is 38.8 Å². The van der Waals surface area contributed by atoms with Gasteiger partial charge in [-0.15, -0.1) is 17.8 Å². The maximum absolute atomic E-state index is 12.9. The van der Waals surface area contributed by atoms with Crippen molar-refractivity contribution in [1.29, 1.82) is 0 Å². The second-order valence-corrected chi connectivity index (χ2v) is 26.4. The average molecular weight is 1560 g/mol. The third kappa shape index (κ3) is 23.4. The van der Waals surface area contributed by atoms with E-state index in [-0.39, 0.29) is 80.2 Å². The number of alkyl halides is 9. The number of fused-ring (bicyclic) bond motifs is 3. The highest BCUT2D eigenvalue weighted by molar-refractivity contribution is 9.10. The van der Waals surface area contributed by atoms with E-state index in [0.717, 1.165) is 147 Å². The van der Waals surface area contributed by atoms with Crippen molar-refractivity contribution in [3.8, 4) is 75.0 Å². The molecular weight excluding hydrogens is 1480 g/mol. The van der Waals surface area contributed by atoms with E-state index < -0.39 is 48.3 Å². The maximum Gasteiger partial charge on any atom is 0.488 e. The van der Waals surface area contributed by atoms with E-state index in [9.17, 15) is 53.9 Å². The Labute approximate surface area is 637 Å². The van der Waals surface area contributed by atoms with Gasteiger partial charge in [0.15, 0.2) is 0 Å². The van der Waals surface area contributed by atoms with E-state index in [1.54, 1.807) is 20.8 Å². The summed E-state index contributed by atoms with van der Waals surface area (Å²) in [4.78, 5) is 34.4. The maximum atomic E-state index is 12.9. The molecule has 3 unspecified atom stereocenters. The molecule has 6 atom stereocenters. The van der Waals surface area contributed by atoms with Crippen molar-refractivity contribution in [3.05, 3.63) is 271 Å². The number of carbonyl (C=O) groups excluding carboxylic acids is 2. The Hall–Kier alpha value is -10.7. The van der Waals surface area contributed by atoms with Gasteiger partial charge in [0.1, 0.15) is 35.6 Å². The Bertz CT molecular complexity index is 4760. The highest BCUT2D eigenvalue weighted by Gasteiger charge is 2.34. The molecule has 0 radical (unpaired) electrons. The zero-order valence-corrected chi connectivity index (χ0v) is 60.9. The molecule has 0 heterocycles. The van der Waals surface area contributed by atoms with Crippen LogP contribution in [0.1, 0.15) is 170 Å². The SMILES string of the molecule is C.CC#C[C@@H](CC(=O)O)c1ccc(OC2CCc3ccc(-c4ccc(C(F)(F)F)cc4)cc32)cc1.CC#C[C@@H](CC(=O)OC)c1ccc(OC2CCc3ccc(-c4ccc(C(F)(F)F)cc4)cc32)cc1.CC#C[C@@H](CC(=O)OC)c1ccc(OC2CCc3ccc(Br)cc32)cc1.OB(O)c1ccc(C(F)(F)F)cc1. The van der Waals surface area contributed by atoms with Crippen molar-refractivity contribution < 1.29 is 92.7 Å². The molecule has 109 heavy (non-hydrogen) atoms. The fraction of sp³-hybridized carbons (Fsp3) is 0.276. The molecule has 0 amide bonds. The lowest BCUT2D eigenvalue weighted by Crippen LogP contribution is -2.29. The molecule has 0 saturated heterocycles. The Kier molecular flexibility index (Phi) is 29.6. The number of hydrogen-bond donors (Lipinski definition) is 3. The topological polar surface area (TPSA) is 158 Å². The normalized spacial score (nSPS) is 15.1. The van der Waals surface area contributed by atoms with Crippen LogP contribution < -0.4 is 19.7 Å². The predicted molar refractivity (Wildman–Crippen MR) is 404 cm³/mol. The molecule has 22 heteroatoms. The molecule has 3 N–H and O–H groups in total. The largest absolute Gasteiger partial charge is 0.488 e. The molecule has 11 nitrogen and oxygen atoms in total. The molecule has 9 aromatic rings. The Balaban J connectivity index is 0.000000191. The number of hydrogen-bond acceptors (Lipinski definition) is 10. The van der Waals surface area contributed by atoms with Crippen molar-refractivity contribution in [3.63, 3.8) is 0 Å². The van der Waals surface area contributed by atoms with Gasteiger partial charge in [0, 0.05) is 4.47 Å². The van der Waals surface area contributed by atoms with Crippen LogP contribution in [-0.4, -0.2) is 54.4 Å². The van der Waals surface area contributed by atoms with Crippen LogP contribution in [0.25, 0.3) is 22.3 Å². The molecule has 0 saturated carbocycles. The van der Waals surface area contributed by atoms with Crippen molar-refractivity contribution >= 4 is 46.4 Å². The van der Waals surface area contributed by atoms with Gasteiger partial charge in [-0.3, -0.25) is 14.4 Å². The summed E-state index contributed by atoms with van der Waals surface area (Å²) in [6.07, 6.45) is -7.59. The fourth-order valence-electron chi connectivity index (χ4n) is 12.7. The highest BCUT2D eigenvalue weighted by Crippen LogP contribution is 2.43. The summed E-state index contributed by atoms with van der Waals surface area (Å²) in [5, 5.41) is 26.3. The van der Waals surface area contributed by atoms with E-state index >= 15 is 0 Å². The van der Waals surface area contributed by atoms with Gasteiger partial charge in [-0.1, -0.05) is 156 Å². The lowest BCUT2D eigenvalue weighted by Gasteiger charge is -2.17. The van der Waals surface area contributed by atoms with Crippen molar-refractivity contribution in [2.45, 2.75) is 141 Å². The summed E-state index contributed by atoms with van der Waals surface area (Å²) < 4.78 is 143. The number of carboxylic acid groups (broad SMARTS) is 1. The summed E-state index contributed by atoms with van der Waals surface area (Å²) in [5.41, 5.74) is 10.8. The zero-order chi connectivity index (χ0) is 77.9. The molecule has 0 fully saturated rings. The van der Waals surface area contributed by atoms with E-state index in [0.29, 0.717) is 17.1 Å². The second kappa shape index (κ2) is 38.4. The van der Waals surface area contributed by atoms with E-state index in [4.69, 9.17) is 38.8 Å². The summed E-state index contributed by atoms with van der Waals surface area (Å²) in [6, 6.07) is 55.0. The minimum atomic E-state index is -4.39. The average Bonchev–Trinajstić information content (AvgIpc) is 1.53. The van der Waals surface area contributed by atoms with Crippen LogP contribution in [0.5, 0.6) is 17.2 Å². The van der Waals surface area contributed by atoms with Gasteiger partial charge in [0.25, 0.3) is 0 Å². The lowest BCUT2D eigenvalue weighted by molar-refractivity contribution is -0.141. The van der Waals surface area contributed by atoms with Crippen LogP contribution in [0, 0.1) is 35.5 Å². The van der Waals surface area contributed by atoms with Crippen LogP contribution in [0.3, 0.4) is 0 Å². The standard InChI is InChI=1S/C29H25F3O3.C28H23F3O3.C22H21BrO3.C7H6BF3O2.CH4/c1-3-4-22(18-28(33)34-2)20-9-14-25(15-10-20)35-27-16-11-21-5-6-23(17-26(21)27)19-7-12-24(13-8-19)29(30,31)32;1-2-3-21(17-27(32)33)19-8-13-24(14-9-19)34-26-15-10-20-4-5-22(16-25(20)26)18-6-11-23(12-7-18)28(29,30)31;1-3-4-17(13-22(24)25-2)15-6-10-19(11-7-15)26-21-12-8-16-5-9-18(23)14-20(16)21;9-7(10,11)5-1-3-6(4-2-5)8(12)13;/h5-10,12-15,17,22,27H,11,16,18H2,1-2H3;4-9,11-14,16,21,26H,10,15,17H2,1H3,(H,32,33);5-7,9-11,14,17,21H,8,12-13H2,1-2H3;1-4,12-13H;1H4/t22-,27?;21-,26?;17-,21?;;/m000../s1. The molecule has 0 aliphatic heterocycles.